The maximum atomic E-state index is 12.3. The summed E-state index contributed by atoms with van der Waals surface area (Å²) < 4.78 is 58.9. The Kier molecular flexibility index (Phi) is 5.67. The Balaban J connectivity index is 3.04. The van der Waals surface area contributed by atoms with Crippen LogP contribution in [-0.4, -0.2) is 61.5 Å². The van der Waals surface area contributed by atoms with E-state index in [0.717, 1.165) is 23.1 Å². The van der Waals surface area contributed by atoms with Crippen LogP contribution in [0.1, 0.15) is 10.4 Å². The first kappa shape index (κ1) is 19.3. The number of nitrogens with zero attached hydrogens (tertiary/aromatic N) is 1. The summed E-state index contributed by atoms with van der Waals surface area (Å²) in [6, 6.07) is 3.20. The van der Waals surface area contributed by atoms with E-state index in [1.54, 1.807) is 0 Å². The molecule has 0 aliphatic heterocycles. The minimum atomic E-state index is -5.37. The standard InChI is InChI=1S/C11H13BF3NO6S/c1-16(2-3-23(21,22)11(13,14)15)9-5-7(10(17)18)4-8(6-9)12(19)20/h4-6,19-20H,2-3H2,1H3,(H,17,18). The van der Waals surface area contributed by atoms with Crippen LogP contribution in [0.25, 0.3) is 0 Å². The van der Waals surface area contributed by atoms with Crippen molar-refractivity contribution in [2.75, 3.05) is 24.2 Å². The van der Waals surface area contributed by atoms with Crippen LogP contribution in [0.4, 0.5) is 18.9 Å². The fourth-order valence-electron chi connectivity index (χ4n) is 1.63. The van der Waals surface area contributed by atoms with E-state index in [9.17, 15) is 26.4 Å². The first-order valence-corrected chi connectivity index (χ1v) is 7.75. The van der Waals surface area contributed by atoms with Gasteiger partial charge in [0.1, 0.15) is 0 Å². The molecule has 0 fully saturated rings. The van der Waals surface area contributed by atoms with E-state index in [4.69, 9.17) is 15.2 Å². The third kappa shape index (κ3) is 4.84. The second-order valence-electron chi connectivity index (χ2n) is 4.68. The molecule has 0 spiro atoms. The van der Waals surface area contributed by atoms with Gasteiger partial charge in [-0.25, -0.2) is 13.2 Å². The quantitative estimate of drug-likeness (QED) is 0.586. The Morgan fingerprint density at radius 1 is 1.26 bits per heavy atom. The second kappa shape index (κ2) is 6.77. The number of sulfone groups is 1. The van der Waals surface area contributed by atoms with Crippen molar-refractivity contribution in [2.24, 2.45) is 0 Å². The van der Waals surface area contributed by atoms with Crippen LogP contribution >= 0.6 is 0 Å². The molecule has 0 amide bonds. The molecule has 1 aromatic rings. The molecule has 1 rings (SSSR count). The molecule has 0 bridgehead atoms. The van der Waals surface area contributed by atoms with E-state index >= 15 is 0 Å². The van der Waals surface area contributed by atoms with Crippen molar-refractivity contribution < 1.29 is 41.5 Å². The molecule has 0 aliphatic rings. The van der Waals surface area contributed by atoms with Crippen molar-refractivity contribution in [1.29, 1.82) is 0 Å². The molecule has 0 saturated heterocycles. The zero-order chi connectivity index (χ0) is 18.0. The maximum Gasteiger partial charge on any atom is 0.497 e. The summed E-state index contributed by atoms with van der Waals surface area (Å²) in [6.45, 7) is -0.564. The Morgan fingerprint density at radius 3 is 2.26 bits per heavy atom. The normalized spacial score (nSPS) is 12.1. The predicted octanol–water partition coefficient (Wildman–Crippen LogP) is -0.565. The maximum absolute atomic E-state index is 12.3. The van der Waals surface area contributed by atoms with Crippen molar-refractivity contribution in [3.05, 3.63) is 23.8 Å². The zero-order valence-electron chi connectivity index (χ0n) is 11.8. The van der Waals surface area contributed by atoms with E-state index in [-0.39, 0.29) is 16.7 Å². The second-order valence-corrected chi connectivity index (χ2v) is 6.78. The molecule has 0 heterocycles. The summed E-state index contributed by atoms with van der Waals surface area (Å²) in [6.07, 6.45) is 0. The summed E-state index contributed by atoms with van der Waals surface area (Å²) >= 11 is 0. The Bertz CT molecular complexity index is 691. The predicted molar refractivity (Wildman–Crippen MR) is 76.3 cm³/mol. The first-order valence-electron chi connectivity index (χ1n) is 6.09. The first-order chi connectivity index (χ1) is 10.3. The highest BCUT2D eigenvalue weighted by molar-refractivity contribution is 7.92. The van der Waals surface area contributed by atoms with Crippen LogP contribution in [-0.2, 0) is 9.84 Å². The van der Waals surface area contributed by atoms with Gasteiger partial charge in [0.05, 0.1) is 11.3 Å². The molecule has 23 heavy (non-hydrogen) atoms. The minimum absolute atomic E-state index is 0.0328. The van der Waals surface area contributed by atoms with E-state index in [1.165, 1.54) is 7.05 Å². The van der Waals surface area contributed by atoms with Gasteiger partial charge >= 0.3 is 18.6 Å². The summed E-state index contributed by atoms with van der Waals surface area (Å²) in [4.78, 5) is 12.0. The smallest absolute Gasteiger partial charge is 0.478 e. The van der Waals surface area contributed by atoms with Gasteiger partial charge in [-0.15, -0.1) is 0 Å². The molecule has 12 heteroatoms. The number of rotatable bonds is 6. The van der Waals surface area contributed by atoms with Crippen LogP contribution < -0.4 is 10.4 Å². The highest BCUT2D eigenvalue weighted by atomic mass is 32.2. The Morgan fingerprint density at radius 2 is 1.83 bits per heavy atom. The summed E-state index contributed by atoms with van der Waals surface area (Å²) in [7, 11) is -6.05. The van der Waals surface area contributed by atoms with Gasteiger partial charge in [0.2, 0.25) is 9.84 Å². The summed E-state index contributed by atoms with van der Waals surface area (Å²) in [5.41, 5.74) is -5.85. The van der Waals surface area contributed by atoms with Gasteiger partial charge in [-0.3, -0.25) is 0 Å². The number of carboxylic acids is 1. The Labute approximate surface area is 130 Å². The molecular weight excluding hydrogens is 342 g/mol. The van der Waals surface area contributed by atoms with Crippen LogP contribution in [0.2, 0.25) is 0 Å². The number of carboxylic acid groups (broad SMARTS) is 1. The molecule has 7 nitrogen and oxygen atoms in total. The number of benzene rings is 1. The molecule has 3 N–H and O–H groups in total. The average Bonchev–Trinajstić information content (AvgIpc) is 2.42. The number of anilines is 1. The lowest BCUT2D eigenvalue weighted by Gasteiger charge is -2.21. The minimum Gasteiger partial charge on any atom is -0.478 e. The highest BCUT2D eigenvalue weighted by Crippen LogP contribution is 2.24. The molecule has 0 atom stereocenters. The van der Waals surface area contributed by atoms with Crippen LogP contribution in [0.5, 0.6) is 0 Å². The molecule has 0 unspecified atom stereocenters. The number of carbonyl (C=O) groups is 1. The SMILES string of the molecule is CN(CCS(=O)(=O)C(F)(F)F)c1cc(B(O)O)cc(C(=O)O)c1. The number of halogens is 3. The van der Waals surface area contributed by atoms with Crippen molar-refractivity contribution in [3.63, 3.8) is 0 Å². The summed E-state index contributed by atoms with van der Waals surface area (Å²) in [5.74, 6) is -2.61. The molecule has 0 saturated carbocycles. The fourth-order valence-corrected chi connectivity index (χ4v) is 2.38. The fraction of sp³-hybridized carbons (Fsp3) is 0.364. The Hall–Kier alpha value is -1.79. The lowest BCUT2D eigenvalue weighted by Crippen LogP contribution is -2.35. The number of alkyl halides is 3. The van der Waals surface area contributed by atoms with Crippen molar-refractivity contribution >= 4 is 34.1 Å². The summed E-state index contributed by atoms with van der Waals surface area (Å²) in [5, 5.41) is 27.1. The van der Waals surface area contributed by atoms with Crippen molar-refractivity contribution in [3.8, 4) is 0 Å². The third-order valence-corrected chi connectivity index (χ3v) is 4.40. The van der Waals surface area contributed by atoms with Gasteiger partial charge in [-0.05, 0) is 23.7 Å². The van der Waals surface area contributed by atoms with Gasteiger partial charge in [-0.1, -0.05) is 0 Å². The van der Waals surface area contributed by atoms with E-state index < -0.39 is 40.7 Å². The van der Waals surface area contributed by atoms with Gasteiger partial charge in [0.15, 0.2) is 0 Å². The van der Waals surface area contributed by atoms with Gasteiger partial charge < -0.3 is 20.1 Å². The largest absolute Gasteiger partial charge is 0.497 e. The topological polar surface area (TPSA) is 115 Å². The molecule has 0 radical (unpaired) electrons. The lowest BCUT2D eigenvalue weighted by atomic mass is 9.79. The number of aromatic carboxylic acids is 1. The van der Waals surface area contributed by atoms with Crippen LogP contribution in [0, 0.1) is 0 Å². The van der Waals surface area contributed by atoms with Crippen molar-refractivity contribution in [2.45, 2.75) is 5.51 Å². The van der Waals surface area contributed by atoms with E-state index in [1.807, 2.05) is 0 Å². The molecular formula is C11H13BF3NO6S. The number of hydrogen-bond donors (Lipinski definition) is 3. The zero-order valence-corrected chi connectivity index (χ0v) is 12.6. The highest BCUT2D eigenvalue weighted by Gasteiger charge is 2.45. The van der Waals surface area contributed by atoms with Crippen LogP contribution in [0.3, 0.4) is 0 Å². The van der Waals surface area contributed by atoms with E-state index in [0.29, 0.717) is 0 Å². The van der Waals surface area contributed by atoms with Crippen LogP contribution in [0.15, 0.2) is 18.2 Å². The molecule has 1 aromatic carbocycles. The average molecular weight is 355 g/mol. The molecule has 0 aromatic heterocycles. The molecule has 0 aliphatic carbocycles. The monoisotopic (exact) mass is 355 g/mol. The number of hydrogen-bond acceptors (Lipinski definition) is 6. The lowest BCUT2D eigenvalue weighted by molar-refractivity contribution is -0.0434. The molecule has 128 valence electrons. The van der Waals surface area contributed by atoms with Gasteiger partial charge in [0, 0.05) is 19.3 Å². The van der Waals surface area contributed by atoms with Gasteiger partial charge in [-0.2, -0.15) is 13.2 Å². The van der Waals surface area contributed by atoms with Crippen molar-refractivity contribution in [1.82, 2.24) is 0 Å². The van der Waals surface area contributed by atoms with E-state index in [2.05, 4.69) is 0 Å². The van der Waals surface area contributed by atoms with Gasteiger partial charge in [0.25, 0.3) is 0 Å². The third-order valence-electron chi connectivity index (χ3n) is 2.97.